The SMILES string of the molecule is Cc1ccc(CC(Cl)c2cc(Cl)c(Br)s2)cc1C. The number of hydrogen-bond donors (Lipinski definition) is 0. The Morgan fingerprint density at radius 3 is 2.50 bits per heavy atom. The van der Waals surface area contributed by atoms with Gasteiger partial charge in [-0.3, -0.25) is 0 Å². The second kappa shape index (κ2) is 5.96. The molecule has 0 spiro atoms. The Bertz CT molecular complexity index is 543. The van der Waals surface area contributed by atoms with E-state index in [-0.39, 0.29) is 5.38 Å². The van der Waals surface area contributed by atoms with Crippen LogP contribution < -0.4 is 0 Å². The summed E-state index contributed by atoms with van der Waals surface area (Å²) in [7, 11) is 0. The minimum absolute atomic E-state index is 0.0269. The third-order valence-corrected chi connectivity index (χ3v) is 6.07. The molecular formula is C14H13BrCl2S. The molecule has 1 aromatic carbocycles. The maximum atomic E-state index is 6.45. The molecule has 96 valence electrons. The number of hydrogen-bond acceptors (Lipinski definition) is 1. The van der Waals surface area contributed by atoms with E-state index in [1.54, 1.807) is 11.3 Å². The zero-order valence-corrected chi connectivity index (χ0v) is 14.1. The summed E-state index contributed by atoms with van der Waals surface area (Å²) in [5.41, 5.74) is 3.88. The van der Waals surface area contributed by atoms with Gasteiger partial charge in [0.1, 0.15) is 0 Å². The van der Waals surface area contributed by atoms with Crippen molar-refractivity contribution in [2.45, 2.75) is 25.6 Å². The molecule has 0 aliphatic heterocycles. The normalized spacial score (nSPS) is 12.7. The second-order valence-electron chi connectivity index (χ2n) is 4.36. The molecule has 0 aliphatic carbocycles. The molecule has 0 aliphatic rings. The zero-order valence-electron chi connectivity index (χ0n) is 10.1. The van der Waals surface area contributed by atoms with Gasteiger partial charge >= 0.3 is 0 Å². The molecule has 0 N–H and O–H groups in total. The predicted octanol–water partition coefficient (Wildman–Crippen LogP) is 6.30. The molecule has 0 bridgehead atoms. The maximum absolute atomic E-state index is 6.45. The Labute approximate surface area is 130 Å². The Kier molecular flexibility index (Phi) is 4.76. The van der Waals surface area contributed by atoms with Crippen molar-refractivity contribution in [2.24, 2.45) is 0 Å². The summed E-state index contributed by atoms with van der Waals surface area (Å²) in [6.45, 7) is 4.24. The molecule has 2 aromatic rings. The van der Waals surface area contributed by atoms with E-state index in [2.05, 4.69) is 48.0 Å². The minimum Gasteiger partial charge on any atom is -0.130 e. The second-order valence-corrected chi connectivity index (χ2v) is 7.70. The lowest BCUT2D eigenvalue weighted by Gasteiger charge is -2.09. The Morgan fingerprint density at radius 2 is 1.94 bits per heavy atom. The van der Waals surface area contributed by atoms with Crippen LogP contribution in [0.1, 0.15) is 26.9 Å². The smallest absolute Gasteiger partial charge is 0.0887 e. The molecule has 0 nitrogen and oxygen atoms in total. The van der Waals surface area contributed by atoms with Crippen LogP contribution in [0.2, 0.25) is 5.02 Å². The van der Waals surface area contributed by atoms with Crippen molar-refractivity contribution in [3.8, 4) is 0 Å². The van der Waals surface area contributed by atoms with E-state index >= 15 is 0 Å². The summed E-state index contributed by atoms with van der Waals surface area (Å²) in [5.74, 6) is 0. The highest BCUT2D eigenvalue weighted by atomic mass is 79.9. The molecule has 4 heteroatoms. The van der Waals surface area contributed by atoms with Crippen LogP contribution in [0.25, 0.3) is 0 Å². The van der Waals surface area contributed by atoms with Gasteiger partial charge in [-0.25, -0.2) is 0 Å². The van der Waals surface area contributed by atoms with Crippen molar-refractivity contribution in [1.29, 1.82) is 0 Å². The number of benzene rings is 1. The lowest BCUT2D eigenvalue weighted by atomic mass is 10.0. The van der Waals surface area contributed by atoms with Crippen LogP contribution >= 0.6 is 50.5 Å². The first kappa shape index (κ1) is 14.4. The summed E-state index contributed by atoms with van der Waals surface area (Å²) in [4.78, 5) is 1.10. The fourth-order valence-corrected chi connectivity index (χ4v) is 3.86. The van der Waals surface area contributed by atoms with Crippen LogP contribution in [0.5, 0.6) is 0 Å². The van der Waals surface area contributed by atoms with Gasteiger partial charge in [-0.2, -0.15) is 0 Å². The molecule has 1 atom stereocenters. The lowest BCUT2D eigenvalue weighted by Crippen LogP contribution is -1.94. The van der Waals surface area contributed by atoms with Crippen molar-refractivity contribution in [3.05, 3.63) is 54.6 Å². The highest BCUT2D eigenvalue weighted by Crippen LogP contribution is 2.38. The van der Waals surface area contributed by atoms with Gasteiger partial charge in [-0.05, 0) is 59.0 Å². The summed E-state index contributed by atoms with van der Waals surface area (Å²) < 4.78 is 0.949. The third kappa shape index (κ3) is 3.30. The van der Waals surface area contributed by atoms with Gasteiger partial charge in [0.2, 0.25) is 0 Å². The zero-order chi connectivity index (χ0) is 13.3. The first-order valence-corrected chi connectivity index (χ1v) is 8.04. The molecule has 0 saturated carbocycles. The molecule has 1 unspecified atom stereocenters. The summed E-state index contributed by atoms with van der Waals surface area (Å²) >= 11 is 17.5. The average Bonchev–Trinajstić information content (AvgIpc) is 2.65. The van der Waals surface area contributed by atoms with Crippen molar-refractivity contribution in [2.75, 3.05) is 0 Å². The lowest BCUT2D eigenvalue weighted by molar-refractivity contribution is 0.937. The average molecular weight is 364 g/mol. The van der Waals surface area contributed by atoms with E-state index in [1.165, 1.54) is 16.7 Å². The van der Waals surface area contributed by atoms with Crippen LogP contribution in [-0.2, 0) is 6.42 Å². The van der Waals surface area contributed by atoms with Crippen LogP contribution in [0.4, 0.5) is 0 Å². The number of alkyl halides is 1. The number of thiophene rings is 1. The molecule has 0 fully saturated rings. The van der Waals surface area contributed by atoms with Gasteiger partial charge in [0.05, 0.1) is 14.2 Å². The molecule has 0 amide bonds. The number of halogens is 3. The summed E-state index contributed by atoms with van der Waals surface area (Å²) in [6.07, 6.45) is 0.825. The van der Waals surface area contributed by atoms with E-state index in [0.717, 1.165) is 20.1 Å². The van der Waals surface area contributed by atoms with Crippen LogP contribution in [0.15, 0.2) is 28.1 Å². The van der Waals surface area contributed by atoms with Gasteiger partial charge in [0.15, 0.2) is 0 Å². The Balaban J connectivity index is 2.15. The summed E-state index contributed by atoms with van der Waals surface area (Å²) in [6, 6.07) is 8.43. The van der Waals surface area contributed by atoms with Gasteiger partial charge < -0.3 is 0 Å². The minimum atomic E-state index is -0.0269. The van der Waals surface area contributed by atoms with Crippen molar-refractivity contribution >= 4 is 50.5 Å². The highest BCUT2D eigenvalue weighted by molar-refractivity contribution is 9.11. The quantitative estimate of drug-likeness (QED) is 0.561. The molecule has 0 radical (unpaired) electrons. The van der Waals surface area contributed by atoms with E-state index in [1.807, 2.05) is 6.07 Å². The molecule has 1 heterocycles. The van der Waals surface area contributed by atoms with Gasteiger partial charge in [0.25, 0.3) is 0 Å². The largest absolute Gasteiger partial charge is 0.130 e. The van der Waals surface area contributed by atoms with Crippen LogP contribution in [0.3, 0.4) is 0 Å². The fraction of sp³-hybridized carbons (Fsp3) is 0.286. The topological polar surface area (TPSA) is 0 Å². The third-order valence-electron chi connectivity index (χ3n) is 2.96. The monoisotopic (exact) mass is 362 g/mol. The maximum Gasteiger partial charge on any atom is 0.0887 e. The van der Waals surface area contributed by atoms with Gasteiger partial charge in [0, 0.05) is 4.88 Å². The van der Waals surface area contributed by atoms with E-state index in [0.29, 0.717) is 0 Å². The predicted molar refractivity (Wildman–Crippen MR) is 85.2 cm³/mol. The van der Waals surface area contributed by atoms with Crippen molar-refractivity contribution in [1.82, 2.24) is 0 Å². The van der Waals surface area contributed by atoms with E-state index in [4.69, 9.17) is 23.2 Å². The standard InChI is InChI=1S/C14H13BrCl2S/c1-8-3-4-10(5-9(8)2)6-11(16)13-7-12(17)14(15)18-13/h3-5,7,11H,6H2,1-2H3. The Hall–Kier alpha value is -0.0200. The highest BCUT2D eigenvalue weighted by Gasteiger charge is 2.14. The van der Waals surface area contributed by atoms with E-state index < -0.39 is 0 Å². The van der Waals surface area contributed by atoms with Gasteiger partial charge in [-0.15, -0.1) is 22.9 Å². The van der Waals surface area contributed by atoms with E-state index in [9.17, 15) is 0 Å². The van der Waals surface area contributed by atoms with Gasteiger partial charge in [-0.1, -0.05) is 29.8 Å². The first-order chi connectivity index (χ1) is 8.47. The number of aryl methyl sites for hydroxylation is 2. The Morgan fingerprint density at radius 1 is 1.22 bits per heavy atom. The molecule has 18 heavy (non-hydrogen) atoms. The number of rotatable bonds is 3. The van der Waals surface area contributed by atoms with Crippen molar-refractivity contribution in [3.63, 3.8) is 0 Å². The van der Waals surface area contributed by atoms with Crippen LogP contribution in [-0.4, -0.2) is 0 Å². The van der Waals surface area contributed by atoms with Crippen molar-refractivity contribution < 1.29 is 0 Å². The molecule has 2 rings (SSSR count). The molecule has 0 saturated heterocycles. The fourth-order valence-electron chi connectivity index (χ4n) is 1.76. The molecular weight excluding hydrogens is 351 g/mol. The first-order valence-electron chi connectivity index (χ1n) is 5.62. The summed E-state index contributed by atoms with van der Waals surface area (Å²) in [5, 5.41) is 0.710. The van der Waals surface area contributed by atoms with Crippen LogP contribution in [0, 0.1) is 13.8 Å². The molecule has 1 aromatic heterocycles.